The summed E-state index contributed by atoms with van der Waals surface area (Å²) in [6, 6.07) is 7.64. The number of nitrogens with one attached hydrogen (secondary N) is 1. The molecule has 1 aliphatic rings. The van der Waals surface area contributed by atoms with E-state index in [2.05, 4.69) is 5.32 Å². The molecular weight excluding hydrogens is 372 g/mol. The van der Waals surface area contributed by atoms with Gasteiger partial charge in [-0.3, -0.25) is 9.59 Å². The van der Waals surface area contributed by atoms with Crippen molar-refractivity contribution in [3.63, 3.8) is 0 Å². The molecule has 1 aromatic carbocycles. The van der Waals surface area contributed by atoms with E-state index in [4.69, 9.17) is 20.8 Å². The average molecular weight is 391 g/mol. The quantitative estimate of drug-likeness (QED) is 0.792. The number of hydrogen-bond acceptors (Lipinski definition) is 5. The Morgan fingerprint density at radius 3 is 2.85 bits per heavy atom. The number of benzene rings is 1. The predicted octanol–water partition coefficient (Wildman–Crippen LogP) is 3.03. The highest BCUT2D eigenvalue weighted by Crippen LogP contribution is 2.23. The van der Waals surface area contributed by atoms with E-state index in [-0.39, 0.29) is 11.7 Å². The summed E-state index contributed by atoms with van der Waals surface area (Å²) in [5, 5.41) is 3.00. The van der Waals surface area contributed by atoms with Crippen molar-refractivity contribution in [2.45, 2.75) is 25.8 Å². The number of furan rings is 1. The lowest BCUT2D eigenvalue weighted by molar-refractivity contribution is -0.151. The van der Waals surface area contributed by atoms with E-state index >= 15 is 0 Å². The molecule has 0 radical (unpaired) electrons. The van der Waals surface area contributed by atoms with Crippen LogP contribution >= 0.6 is 11.6 Å². The molecule has 0 spiro atoms. The molecule has 0 saturated carbocycles. The summed E-state index contributed by atoms with van der Waals surface area (Å²) in [5.41, 5.74) is 1.41. The third kappa shape index (κ3) is 4.49. The van der Waals surface area contributed by atoms with Crippen molar-refractivity contribution >= 4 is 35.1 Å². The van der Waals surface area contributed by atoms with E-state index in [1.165, 1.54) is 11.2 Å². The maximum atomic E-state index is 12.4. The van der Waals surface area contributed by atoms with Gasteiger partial charge in [0.05, 0.1) is 17.0 Å². The first-order valence-electron chi connectivity index (χ1n) is 8.53. The molecule has 0 bridgehead atoms. The van der Waals surface area contributed by atoms with Gasteiger partial charge in [-0.1, -0.05) is 17.7 Å². The third-order valence-corrected chi connectivity index (χ3v) is 4.57. The summed E-state index contributed by atoms with van der Waals surface area (Å²) in [6.45, 7) is 1.86. The standard InChI is InChI=1S/C19H19ClN2O5/c1-12-6-7-14(13(20)10-12)21-17(23)11-27-19(25)15-4-2-8-22(15)18(24)16-5-3-9-26-16/h3,5-7,9-10,15H,2,4,8,11H2,1H3,(H,21,23). The zero-order chi connectivity index (χ0) is 19.4. The number of esters is 1. The molecule has 1 unspecified atom stereocenters. The lowest BCUT2D eigenvalue weighted by Gasteiger charge is -2.22. The molecule has 3 rings (SSSR count). The van der Waals surface area contributed by atoms with Crippen LogP contribution in [-0.4, -0.2) is 41.9 Å². The fourth-order valence-corrected chi connectivity index (χ4v) is 3.22. The fourth-order valence-electron chi connectivity index (χ4n) is 2.94. The molecule has 8 heteroatoms. The van der Waals surface area contributed by atoms with Gasteiger partial charge in [0.1, 0.15) is 6.04 Å². The van der Waals surface area contributed by atoms with Crippen LogP contribution in [0.4, 0.5) is 5.69 Å². The van der Waals surface area contributed by atoms with Crippen LogP contribution in [0.3, 0.4) is 0 Å². The number of rotatable bonds is 5. The number of hydrogen-bond donors (Lipinski definition) is 1. The molecule has 2 aromatic rings. The number of anilines is 1. The van der Waals surface area contributed by atoms with Crippen molar-refractivity contribution in [1.82, 2.24) is 4.90 Å². The van der Waals surface area contributed by atoms with Crippen molar-refractivity contribution in [1.29, 1.82) is 0 Å². The molecule has 1 aromatic heterocycles. The average Bonchev–Trinajstić information content (AvgIpc) is 3.33. The van der Waals surface area contributed by atoms with Gasteiger partial charge in [-0.25, -0.2) is 4.79 Å². The zero-order valence-electron chi connectivity index (χ0n) is 14.7. The van der Waals surface area contributed by atoms with Crippen molar-refractivity contribution in [3.8, 4) is 0 Å². The van der Waals surface area contributed by atoms with Gasteiger partial charge in [-0.15, -0.1) is 0 Å². The number of nitrogens with zero attached hydrogens (tertiary/aromatic N) is 1. The lowest BCUT2D eigenvalue weighted by Crippen LogP contribution is -2.42. The number of aryl methyl sites for hydroxylation is 1. The van der Waals surface area contributed by atoms with Gasteiger partial charge < -0.3 is 19.4 Å². The first kappa shape index (κ1) is 19.0. The molecule has 7 nitrogen and oxygen atoms in total. The van der Waals surface area contributed by atoms with E-state index in [0.29, 0.717) is 30.1 Å². The van der Waals surface area contributed by atoms with Crippen LogP contribution in [-0.2, 0) is 14.3 Å². The largest absolute Gasteiger partial charge is 0.459 e. The van der Waals surface area contributed by atoms with Gasteiger partial charge in [-0.05, 0) is 49.6 Å². The van der Waals surface area contributed by atoms with Gasteiger partial charge in [-0.2, -0.15) is 0 Å². The maximum absolute atomic E-state index is 12.4. The Kier molecular flexibility index (Phi) is 5.81. The van der Waals surface area contributed by atoms with E-state index < -0.39 is 24.5 Å². The van der Waals surface area contributed by atoms with Crippen LogP contribution in [0, 0.1) is 6.92 Å². The van der Waals surface area contributed by atoms with Crippen LogP contribution < -0.4 is 5.32 Å². The SMILES string of the molecule is Cc1ccc(NC(=O)COC(=O)C2CCCN2C(=O)c2ccco2)c(Cl)c1. The fraction of sp³-hybridized carbons (Fsp3) is 0.316. The van der Waals surface area contributed by atoms with Gasteiger partial charge in [0.25, 0.3) is 11.8 Å². The van der Waals surface area contributed by atoms with Crippen molar-refractivity contribution in [2.75, 3.05) is 18.5 Å². The molecule has 1 aliphatic heterocycles. The van der Waals surface area contributed by atoms with Crippen LogP contribution in [0.25, 0.3) is 0 Å². The Morgan fingerprint density at radius 1 is 1.33 bits per heavy atom. The second-order valence-corrected chi connectivity index (χ2v) is 6.68. The summed E-state index contributed by atoms with van der Waals surface area (Å²) in [6.07, 6.45) is 2.56. The van der Waals surface area contributed by atoms with Gasteiger partial charge >= 0.3 is 5.97 Å². The summed E-state index contributed by atoms with van der Waals surface area (Å²) < 4.78 is 10.2. The minimum Gasteiger partial charge on any atom is -0.459 e. The maximum Gasteiger partial charge on any atom is 0.329 e. The topological polar surface area (TPSA) is 88.9 Å². The number of halogens is 1. The van der Waals surface area contributed by atoms with Crippen LogP contribution in [0.1, 0.15) is 29.0 Å². The van der Waals surface area contributed by atoms with Gasteiger partial charge in [0.2, 0.25) is 0 Å². The number of carbonyl (C=O) groups is 3. The van der Waals surface area contributed by atoms with Crippen molar-refractivity contribution in [3.05, 3.63) is 52.9 Å². The van der Waals surface area contributed by atoms with Crippen LogP contribution in [0.5, 0.6) is 0 Å². The van der Waals surface area contributed by atoms with Crippen molar-refractivity contribution < 1.29 is 23.5 Å². The highest BCUT2D eigenvalue weighted by Gasteiger charge is 2.36. The van der Waals surface area contributed by atoms with Crippen LogP contribution in [0.2, 0.25) is 5.02 Å². The Balaban J connectivity index is 1.55. The highest BCUT2D eigenvalue weighted by molar-refractivity contribution is 6.33. The minimum atomic E-state index is -0.724. The predicted molar refractivity (Wildman–Crippen MR) is 98.5 cm³/mol. The Morgan fingerprint density at radius 2 is 2.15 bits per heavy atom. The molecule has 2 amide bonds. The molecule has 1 fully saturated rings. The Bertz CT molecular complexity index is 850. The van der Waals surface area contributed by atoms with Crippen molar-refractivity contribution in [2.24, 2.45) is 0 Å². The molecule has 1 atom stereocenters. The smallest absolute Gasteiger partial charge is 0.329 e. The first-order valence-corrected chi connectivity index (χ1v) is 8.90. The molecule has 1 saturated heterocycles. The number of ether oxygens (including phenoxy) is 1. The summed E-state index contributed by atoms with van der Waals surface area (Å²) in [7, 11) is 0. The normalized spacial score (nSPS) is 16.2. The summed E-state index contributed by atoms with van der Waals surface area (Å²) in [5.74, 6) is -1.31. The zero-order valence-corrected chi connectivity index (χ0v) is 15.5. The first-order chi connectivity index (χ1) is 13.0. The second-order valence-electron chi connectivity index (χ2n) is 6.27. The molecule has 27 heavy (non-hydrogen) atoms. The number of carbonyl (C=O) groups excluding carboxylic acids is 3. The number of amides is 2. The third-order valence-electron chi connectivity index (χ3n) is 4.26. The molecule has 0 aliphatic carbocycles. The summed E-state index contributed by atoms with van der Waals surface area (Å²) in [4.78, 5) is 38.2. The molecule has 142 valence electrons. The minimum absolute atomic E-state index is 0.168. The number of likely N-dealkylation sites (tertiary alicyclic amines) is 1. The molecule has 2 heterocycles. The highest BCUT2D eigenvalue weighted by atomic mass is 35.5. The Labute approximate surface area is 161 Å². The van der Waals surface area contributed by atoms with E-state index in [9.17, 15) is 14.4 Å². The van der Waals surface area contributed by atoms with Gasteiger partial charge in [0.15, 0.2) is 12.4 Å². The Hall–Kier alpha value is -2.80. The molecular formula is C19H19ClN2O5. The lowest BCUT2D eigenvalue weighted by atomic mass is 10.2. The van der Waals surface area contributed by atoms with Gasteiger partial charge in [0, 0.05) is 6.54 Å². The van der Waals surface area contributed by atoms with E-state index in [0.717, 1.165) is 5.56 Å². The monoisotopic (exact) mass is 390 g/mol. The van der Waals surface area contributed by atoms with E-state index in [1.54, 1.807) is 24.3 Å². The summed E-state index contributed by atoms with van der Waals surface area (Å²) >= 11 is 6.07. The second kappa shape index (κ2) is 8.26. The van der Waals surface area contributed by atoms with Crippen LogP contribution in [0.15, 0.2) is 41.0 Å². The van der Waals surface area contributed by atoms with E-state index in [1.807, 2.05) is 13.0 Å². The molecule has 1 N–H and O–H groups in total.